The Hall–Kier alpha value is -3.11. The van der Waals surface area contributed by atoms with E-state index in [0.717, 1.165) is 21.0 Å². The Morgan fingerprint density at radius 1 is 0.531 bits per heavy atom. The zero-order chi connectivity index (χ0) is 24.1. The van der Waals surface area contributed by atoms with Crippen molar-refractivity contribution >= 4 is 23.1 Å². The highest BCUT2D eigenvalue weighted by molar-refractivity contribution is 6.96. The van der Waals surface area contributed by atoms with Crippen molar-refractivity contribution in [1.82, 2.24) is 0 Å². The van der Waals surface area contributed by atoms with Gasteiger partial charge in [-0.05, 0) is 13.8 Å². The lowest BCUT2D eigenvalue weighted by Gasteiger charge is -2.23. The van der Waals surface area contributed by atoms with Gasteiger partial charge in [0.15, 0.2) is 23.2 Å². The predicted octanol–water partition coefficient (Wildman–Crippen LogP) is 4.08. The van der Waals surface area contributed by atoms with Crippen LogP contribution in [0.5, 0.6) is 5.75 Å². The molecule has 3 aromatic carbocycles. The van der Waals surface area contributed by atoms with E-state index in [0.29, 0.717) is 0 Å². The summed E-state index contributed by atoms with van der Waals surface area (Å²) in [5.41, 5.74) is -5.59. The molecule has 0 saturated carbocycles. The lowest BCUT2D eigenvalue weighted by atomic mass is 9.35. The van der Waals surface area contributed by atoms with Crippen LogP contribution in [0.2, 0.25) is 0 Å². The average Bonchev–Trinajstić information content (AvgIpc) is 2.72. The van der Waals surface area contributed by atoms with Gasteiger partial charge in [0.05, 0.1) is 7.11 Å². The molecule has 0 aliphatic heterocycles. The van der Waals surface area contributed by atoms with Crippen LogP contribution < -0.4 is 21.1 Å². The number of halogens is 9. The molecule has 3 aromatic rings. The van der Waals surface area contributed by atoms with Gasteiger partial charge >= 0.3 is 0 Å². The molecule has 0 fully saturated rings. The van der Waals surface area contributed by atoms with Crippen molar-refractivity contribution in [3.63, 3.8) is 0 Å². The van der Waals surface area contributed by atoms with Gasteiger partial charge in [-0.25, -0.2) is 39.5 Å². The third kappa shape index (κ3) is 3.59. The molecule has 1 nitrogen and oxygen atoms in total. The number of methoxy groups -OCH3 is 1. The van der Waals surface area contributed by atoms with Gasteiger partial charge in [-0.1, -0.05) is 0 Å². The Kier molecular flexibility index (Phi) is 6.21. The molecule has 0 heterocycles. The largest absolute Gasteiger partial charge is 0.494 e. The third-order valence-electron chi connectivity index (χ3n) is 5.10. The van der Waals surface area contributed by atoms with E-state index in [1.165, 1.54) is 0 Å². The van der Waals surface area contributed by atoms with Crippen LogP contribution in [-0.4, -0.2) is 13.8 Å². The topological polar surface area (TPSA) is 9.23 Å². The standard InChI is InChI=1S/C21H12BF9O/c1-7-9(23)4-11(25)15(18(7)29)22(16-12(26)5-10(24)8(2)19(16)30)17-20(31)13(27)6-14(28)21(17)32-3/h4-6H,1-3H3. The summed E-state index contributed by atoms with van der Waals surface area (Å²) in [6.07, 6.45) is 0. The summed E-state index contributed by atoms with van der Waals surface area (Å²) in [5.74, 6) is -16.1. The molecule has 0 N–H and O–H groups in total. The molecule has 0 atom stereocenters. The van der Waals surface area contributed by atoms with Gasteiger partial charge in [0.1, 0.15) is 34.9 Å². The van der Waals surface area contributed by atoms with E-state index in [1.807, 2.05) is 0 Å². The summed E-state index contributed by atoms with van der Waals surface area (Å²) in [6.45, 7) is -0.853. The maximum Gasteiger partial charge on any atom is 0.265 e. The number of hydrogen-bond donors (Lipinski definition) is 0. The highest BCUT2D eigenvalue weighted by Gasteiger charge is 2.41. The smallest absolute Gasteiger partial charge is 0.265 e. The van der Waals surface area contributed by atoms with Crippen LogP contribution in [0.1, 0.15) is 11.1 Å². The van der Waals surface area contributed by atoms with Gasteiger partial charge in [0.2, 0.25) is 0 Å². The molecule has 0 bridgehead atoms. The van der Waals surface area contributed by atoms with Gasteiger partial charge in [-0.2, -0.15) is 0 Å². The van der Waals surface area contributed by atoms with Gasteiger partial charge in [0.25, 0.3) is 6.71 Å². The zero-order valence-corrected chi connectivity index (χ0v) is 16.6. The van der Waals surface area contributed by atoms with Crippen LogP contribution in [0.4, 0.5) is 39.5 Å². The Morgan fingerprint density at radius 3 is 1.34 bits per heavy atom. The summed E-state index contributed by atoms with van der Waals surface area (Å²) in [5, 5.41) is 0. The summed E-state index contributed by atoms with van der Waals surface area (Å²) in [6, 6.07) is 0.375. The van der Waals surface area contributed by atoms with Crippen LogP contribution in [0.25, 0.3) is 0 Å². The third-order valence-corrected chi connectivity index (χ3v) is 5.10. The summed E-state index contributed by atoms with van der Waals surface area (Å²) in [4.78, 5) is 0. The van der Waals surface area contributed by atoms with Crippen molar-refractivity contribution in [2.24, 2.45) is 0 Å². The van der Waals surface area contributed by atoms with E-state index < -0.39 is 92.3 Å². The molecule has 0 radical (unpaired) electrons. The fourth-order valence-corrected chi connectivity index (χ4v) is 3.44. The van der Waals surface area contributed by atoms with Crippen LogP contribution in [0, 0.1) is 66.2 Å². The molecular formula is C21H12BF9O. The quantitative estimate of drug-likeness (QED) is 0.323. The molecule has 3 rings (SSSR count). The zero-order valence-electron chi connectivity index (χ0n) is 16.6. The maximum atomic E-state index is 15.0. The Balaban J connectivity index is 2.60. The summed E-state index contributed by atoms with van der Waals surface area (Å²) in [7, 11) is 0.793. The number of ether oxygens (including phenoxy) is 1. The molecule has 11 heteroatoms. The molecule has 0 unspecified atom stereocenters. The minimum absolute atomic E-state index is 0.0555. The van der Waals surface area contributed by atoms with Crippen LogP contribution in [-0.2, 0) is 0 Å². The van der Waals surface area contributed by atoms with Crippen molar-refractivity contribution in [3.05, 3.63) is 81.7 Å². The minimum atomic E-state index is -2.56. The number of rotatable bonds is 4. The summed E-state index contributed by atoms with van der Waals surface area (Å²) >= 11 is 0. The SMILES string of the molecule is COc1c(F)cc(F)c(F)c1B(c1c(F)cc(F)c(C)c1F)c1c(F)cc(F)c(C)c1F. The number of benzene rings is 3. The number of hydrogen-bond acceptors (Lipinski definition) is 1. The first-order chi connectivity index (χ1) is 14.9. The minimum Gasteiger partial charge on any atom is -0.494 e. The first kappa shape index (κ1) is 23.6. The van der Waals surface area contributed by atoms with Crippen LogP contribution in [0.15, 0.2) is 18.2 Å². The van der Waals surface area contributed by atoms with E-state index >= 15 is 8.78 Å². The highest BCUT2D eigenvalue weighted by atomic mass is 19.2. The molecule has 0 aliphatic carbocycles. The van der Waals surface area contributed by atoms with E-state index in [2.05, 4.69) is 4.74 Å². The van der Waals surface area contributed by atoms with Gasteiger partial charge in [-0.3, -0.25) is 0 Å². The average molecular weight is 462 g/mol. The van der Waals surface area contributed by atoms with E-state index in [4.69, 9.17) is 0 Å². The van der Waals surface area contributed by atoms with E-state index in [9.17, 15) is 30.7 Å². The first-order valence-electron chi connectivity index (χ1n) is 8.91. The molecule has 0 amide bonds. The fourth-order valence-electron chi connectivity index (χ4n) is 3.44. The molecular weight excluding hydrogens is 450 g/mol. The lowest BCUT2D eigenvalue weighted by Crippen LogP contribution is -2.59. The highest BCUT2D eigenvalue weighted by Crippen LogP contribution is 2.23. The molecule has 32 heavy (non-hydrogen) atoms. The molecule has 0 saturated heterocycles. The second-order valence-electron chi connectivity index (χ2n) is 6.92. The second-order valence-corrected chi connectivity index (χ2v) is 6.92. The Morgan fingerprint density at radius 2 is 0.938 bits per heavy atom. The van der Waals surface area contributed by atoms with Crippen LogP contribution in [0.3, 0.4) is 0 Å². The van der Waals surface area contributed by atoms with Crippen molar-refractivity contribution < 1.29 is 44.3 Å². The predicted molar refractivity (Wildman–Crippen MR) is 99.6 cm³/mol. The summed E-state index contributed by atoms with van der Waals surface area (Å²) < 4.78 is 135. The van der Waals surface area contributed by atoms with Crippen molar-refractivity contribution in [2.45, 2.75) is 13.8 Å². The van der Waals surface area contributed by atoms with Gasteiger partial charge in [0, 0.05) is 45.7 Å². The molecule has 168 valence electrons. The maximum absolute atomic E-state index is 15.0. The molecule has 0 spiro atoms. The first-order valence-corrected chi connectivity index (χ1v) is 8.91. The van der Waals surface area contributed by atoms with E-state index in [1.54, 1.807) is 0 Å². The van der Waals surface area contributed by atoms with Crippen LogP contribution >= 0.6 is 0 Å². The fraction of sp³-hybridized carbons (Fsp3) is 0.143. The monoisotopic (exact) mass is 462 g/mol. The van der Waals surface area contributed by atoms with Gasteiger partial charge < -0.3 is 4.74 Å². The van der Waals surface area contributed by atoms with E-state index in [-0.39, 0.29) is 18.2 Å². The lowest BCUT2D eigenvalue weighted by molar-refractivity contribution is 0.381. The normalized spacial score (nSPS) is 11.1. The Bertz CT molecular complexity index is 1180. The van der Waals surface area contributed by atoms with Crippen molar-refractivity contribution in [1.29, 1.82) is 0 Å². The van der Waals surface area contributed by atoms with Gasteiger partial charge in [-0.15, -0.1) is 0 Å². The molecule has 0 aromatic heterocycles. The van der Waals surface area contributed by atoms with Crippen molar-refractivity contribution in [2.75, 3.05) is 7.11 Å². The molecule has 0 aliphatic rings. The van der Waals surface area contributed by atoms with Crippen molar-refractivity contribution in [3.8, 4) is 5.75 Å². The Labute approximate surface area is 176 Å². The second kappa shape index (κ2) is 8.44.